The van der Waals surface area contributed by atoms with Crippen molar-refractivity contribution in [3.8, 4) is 0 Å². The summed E-state index contributed by atoms with van der Waals surface area (Å²) in [4.78, 5) is 0. The number of nitrogens with one attached hydrogen (secondary N) is 1. The highest BCUT2D eigenvalue weighted by Gasteiger charge is 2.15. The van der Waals surface area contributed by atoms with Gasteiger partial charge in [-0.2, -0.15) is 0 Å². The van der Waals surface area contributed by atoms with Gasteiger partial charge in [0.05, 0.1) is 5.02 Å². The van der Waals surface area contributed by atoms with E-state index in [1.54, 1.807) is 12.1 Å². The molecule has 1 N–H and O–H groups in total. The van der Waals surface area contributed by atoms with Crippen LogP contribution in [0.4, 0.5) is 4.39 Å². The van der Waals surface area contributed by atoms with Crippen LogP contribution in [0, 0.1) is 5.82 Å². The maximum absolute atomic E-state index is 13.7. The molecule has 0 aliphatic rings. The normalized spacial score (nSPS) is 12.9. The van der Waals surface area contributed by atoms with Gasteiger partial charge in [0.1, 0.15) is 5.82 Å². The number of rotatable bonds is 3. The third-order valence-corrected chi connectivity index (χ3v) is 3.46. The van der Waals surface area contributed by atoms with Gasteiger partial charge in [0, 0.05) is 16.1 Å². The summed E-state index contributed by atoms with van der Waals surface area (Å²) in [5.74, 6) is -0.345. The molecule has 0 aromatic heterocycles. The molecule has 0 saturated heterocycles. The predicted octanol–water partition coefficient (Wildman–Crippen LogP) is 3.91. The lowest BCUT2D eigenvalue weighted by Crippen LogP contribution is -2.16. The Labute approximate surface area is 96.8 Å². The first-order valence-electron chi connectivity index (χ1n) is 4.42. The molecule has 0 aliphatic carbocycles. The zero-order valence-corrected chi connectivity index (χ0v) is 10.4. The first kappa shape index (κ1) is 12.0. The fourth-order valence-corrected chi connectivity index (χ4v) is 1.87. The molecule has 0 spiro atoms. The molecule has 0 amide bonds. The van der Waals surface area contributed by atoms with Gasteiger partial charge in [-0.3, -0.25) is 0 Å². The van der Waals surface area contributed by atoms with Crippen LogP contribution >= 0.6 is 27.5 Å². The van der Waals surface area contributed by atoms with Crippen molar-refractivity contribution < 1.29 is 4.39 Å². The molecule has 0 saturated carbocycles. The second-order valence-corrected chi connectivity index (χ2v) is 4.25. The van der Waals surface area contributed by atoms with E-state index in [-0.39, 0.29) is 16.9 Å². The highest BCUT2D eigenvalue weighted by molar-refractivity contribution is 9.10. The summed E-state index contributed by atoms with van der Waals surface area (Å²) in [7, 11) is 1.81. The minimum atomic E-state index is -0.345. The third kappa shape index (κ3) is 2.27. The number of hydrogen-bond acceptors (Lipinski definition) is 1. The Morgan fingerprint density at radius 1 is 1.57 bits per heavy atom. The van der Waals surface area contributed by atoms with Crippen molar-refractivity contribution in [3.63, 3.8) is 0 Å². The maximum atomic E-state index is 13.7. The predicted molar refractivity (Wildman–Crippen MR) is 61.2 cm³/mol. The molecule has 4 heteroatoms. The van der Waals surface area contributed by atoms with Gasteiger partial charge in [-0.25, -0.2) is 4.39 Å². The molecular formula is C10H12BrClFN. The Balaban J connectivity index is 3.16. The van der Waals surface area contributed by atoms with Crippen molar-refractivity contribution in [1.82, 2.24) is 5.32 Å². The smallest absolute Gasteiger partial charge is 0.147 e. The van der Waals surface area contributed by atoms with Crippen molar-refractivity contribution in [3.05, 3.63) is 33.0 Å². The van der Waals surface area contributed by atoms with E-state index in [9.17, 15) is 4.39 Å². The molecule has 0 aliphatic heterocycles. The fraction of sp³-hybridized carbons (Fsp3) is 0.400. The lowest BCUT2D eigenvalue weighted by atomic mass is 10.0. The third-order valence-electron chi connectivity index (χ3n) is 2.20. The summed E-state index contributed by atoms with van der Waals surface area (Å²) in [6.45, 7) is 2.00. The van der Waals surface area contributed by atoms with Crippen LogP contribution in [-0.4, -0.2) is 7.05 Å². The molecule has 0 radical (unpaired) electrons. The summed E-state index contributed by atoms with van der Waals surface area (Å²) in [6, 6.07) is 3.53. The van der Waals surface area contributed by atoms with Gasteiger partial charge >= 0.3 is 0 Å². The molecule has 1 rings (SSSR count). The Kier molecular flexibility index (Phi) is 4.35. The van der Waals surface area contributed by atoms with Crippen LogP contribution in [0.25, 0.3) is 0 Å². The summed E-state index contributed by atoms with van der Waals surface area (Å²) < 4.78 is 14.3. The largest absolute Gasteiger partial charge is 0.313 e. The first-order chi connectivity index (χ1) is 6.61. The second kappa shape index (κ2) is 5.10. The lowest BCUT2D eigenvalue weighted by Gasteiger charge is -2.16. The van der Waals surface area contributed by atoms with Crippen LogP contribution in [0.5, 0.6) is 0 Å². The quantitative estimate of drug-likeness (QED) is 0.828. The van der Waals surface area contributed by atoms with E-state index in [1.807, 2.05) is 14.0 Å². The fourth-order valence-electron chi connectivity index (χ4n) is 1.39. The Bertz CT molecular complexity index is 326. The van der Waals surface area contributed by atoms with Crippen molar-refractivity contribution >= 4 is 27.5 Å². The van der Waals surface area contributed by atoms with E-state index in [2.05, 4.69) is 21.2 Å². The highest BCUT2D eigenvalue weighted by Crippen LogP contribution is 2.31. The van der Waals surface area contributed by atoms with E-state index in [0.29, 0.717) is 10.0 Å². The zero-order valence-electron chi connectivity index (χ0n) is 8.07. The summed E-state index contributed by atoms with van der Waals surface area (Å²) in [5.41, 5.74) is 0.614. The van der Waals surface area contributed by atoms with E-state index >= 15 is 0 Å². The Morgan fingerprint density at radius 3 is 2.71 bits per heavy atom. The van der Waals surface area contributed by atoms with Crippen molar-refractivity contribution in [1.29, 1.82) is 0 Å². The molecule has 1 atom stereocenters. The molecule has 1 unspecified atom stereocenters. The van der Waals surface area contributed by atoms with Crippen LogP contribution in [0.3, 0.4) is 0 Å². The number of benzene rings is 1. The van der Waals surface area contributed by atoms with Gasteiger partial charge in [-0.05, 0) is 35.5 Å². The number of halogens is 3. The van der Waals surface area contributed by atoms with Crippen LogP contribution in [-0.2, 0) is 0 Å². The van der Waals surface area contributed by atoms with Crippen LogP contribution in [0.2, 0.25) is 5.02 Å². The molecule has 0 fully saturated rings. The zero-order chi connectivity index (χ0) is 10.7. The van der Waals surface area contributed by atoms with Crippen LogP contribution in [0.15, 0.2) is 16.6 Å². The maximum Gasteiger partial charge on any atom is 0.147 e. The van der Waals surface area contributed by atoms with E-state index < -0.39 is 0 Å². The Morgan fingerprint density at radius 2 is 2.21 bits per heavy atom. The second-order valence-electron chi connectivity index (χ2n) is 3.01. The minimum Gasteiger partial charge on any atom is -0.313 e. The van der Waals surface area contributed by atoms with Gasteiger partial charge in [-0.15, -0.1) is 0 Å². The van der Waals surface area contributed by atoms with Crippen molar-refractivity contribution in [2.75, 3.05) is 7.05 Å². The molecular weight excluding hydrogens is 268 g/mol. The molecule has 14 heavy (non-hydrogen) atoms. The SMILES string of the molecule is CCC(NC)c1ccc(Br)c(Cl)c1F. The molecule has 1 aromatic rings. The van der Waals surface area contributed by atoms with Crippen LogP contribution < -0.4 is 5.32 Å². The summed E-state index contributed by atoms with van der Waals surface area (Å²) in [6.07, 6.45) is 0.825. The Hall–Kier alpha value is -0.120. The molecule has 0 bridgehead atoms. The van der Waals surface area contributed by atoms with Crippen LogP contribution in [0.1, 0.15) is 24.9 Å². The topological polar surface area (TPSA) is 12.0 Å². The minimum absolute atomic E-state index is 0.0144. The van der Waals surface area contributed by atoms with Crippen molar-refractivity contribution in [2.45, 2.75) is 19.4 Å². The molecule has 1 nitrogen and oxygen atoms in total. The van der Waals surface area contributed by atoms with Gasteiger partial charge in [0.15, 0.2) is 0 Å². The average molecular weight is 281 g/mol. The first-order valence-corrected chi connectivity index (χ1v) is 5.59. The monoisotopic (exact) mass is 279 g/mol. The van der Waals surface area contributed by atoms with E-state index in [0.717, 1.165) is 6.42 Å². The molecule has 1 aromatic carbocycles. The highest BCUT2D eigenvalue weighted by atomic mass is 79.9. The van der Waals surface area contributed by atoms with Gasteiger partial charge in [0.2, 0.25) is 0 Å². The lowest BCUT2D eigenvalue weighted by molar-refractivity contribution is 0.525. The number of hydrogen-bond donors (Lipinski definition) is 1. The van der Waals surface area contributed by atoms with Gasteiger partial charge in [0.25, 0.3) is 0 Å². The van der Waals surface area contributed by atoms with Gasteiger partial charge in [-0.1, -0.05) is 24.6 Å². The average Bonchev–Trinajstić information content (AvgIpc) is 2.19. The standard InChI is InChI=1S/C10H12BrClFN/c1-3-8(14-2)6-4-5-7(11)9(12)10(6)13/h4-5,8,14H,3H2,1-2H3. The van der Waals surface area contributed by atoms with Crippen molar-refractivity contribution in [2.24, 2.45) is 0 Å². The summed E-state index contributed by atoms with van der Waals surface area (Å²) >= 11 is 8.97. The van der Waals surface area contributed by atoms with E-state index in [1.165, 1.54) is 0 Å². The summed E-state index contributed by atoms with van der Waals surface area (Å²) in [5, 5.41) is 3.19. The molecule has 78 valence electrons. The van der Waals surface area contributed by atoms with E-state index in [4.69, 9.17) is 11.6 Å². The van der Waals surface area contributed by atoms with Gasteiger partial charge < -0.3 is 5.32 Å². The molecule has 0 heterocycles.